The van der Waals surface area contributed by atoms with Gasteiger partial charge < -0.3 is 4.74 Å². The van der Waals surface area contributed by atoms with Crippen molar-refractivity contribution in [3.8, 4) is 11.1 Å². The normalized spacial score (nSPS) is 15.4. The molecule has 0 saturated carbocycles. The number of aryl methyl sites for hydroxylation is 1. The smallest absolute Gasteiger partial charge is 0.130 e. The summed E-state index contributed by atoms with van der Waals surface area (Å²) >= 11 is 0. The highest BCUT2D eigenvalue weighted by molar-refractivity contribution is 5.62. The number of hydrogen-bond donors (Lipinski definition) is 0. The SMILES string of the molecule is COCCc1ncc(CN2CCC(c3cc(-c4cncnc4)cc(C)n3)CC2)cn1. The van der Waals surface area contributed by atoms with Crippen LogP contribution < -0.4 is 0 Å². The van der Waals surface area contributed by atoms with Crippen LogP contribution in [0.5, 0.6) is 0 Å². The van der Waals surface area contributed by atoms with Crippen LogP contribution in [0.3, 0.4) is 0 Å². The van der Waals surface area contributed by atoms with Crippen molar-refractivity contribution in [1.29, 1.82) is 0 Å². The molecule has 156 valence electrons. The monoisotopic (exact) mass is 404 g/mol. The van der Waals surface area contributed by atoms with E-state index >= 15 is 0 Å². The predicted octanol–water partition coefficient (Wildman–Crippen LogP) is 3.21. The molecule has 1 saturated heterocycles. The Morgan fingerprint density at radius 3 is 2.43 bits per heavy atom. The summed E-state index contributed by atoms with van der Waals surface area (Å²) in [5.74, 6) is 1.32. The Hall–Kier alpha value is -2.77. The molecule has 0 amide bonds. The second-order valence-corrected chi connectivity index (χ2v) is 7.85. The van der Waals surface area contributed by atoms with Gasteiger partial charge in [0.2, 0.25) is 0 Å². The van der Waals surface area contributed by atoms with Gasteiger partial charge in [0.25, 0.3) is 0 Å². The van der Waals surface area contributed by atoms with Gasteiger partial charge in [-0.25, -0.2) is 19.9 Å². The van der Waals surface area contributed by atoms with Crippen LogP contribution >= 0.6 is 0 Å². The Labute approximate surface area is 177 Å². The van der Waals surface area contributed by atoms with Crippen molar-refractivity contribution in [2.24, 2.45) is 0 Å². The van der Waals surface area contributed by atoms with E-state index in [1.165, 1.54) is 5.69 Å². The molecule has 7 nitrogen and oxygen atoms in total. The second kappa shape index (κ2) is 9.82. The van der Waals surface area contributed by atoms with Gasteiger partial charge in [0, 0.05) is 73.3 Å². The molecule has 4 heterocycles. The highest BCUT2D eigenvalue weighted by Gasteiger charge is 2.22. The molecule has 1 fully saturated rings. The summed E-state index contributed by atoms with van der Waals surface area (Å²) in [5, 5.41) is 0. The van der Waals surface area contributed by atoms with E-state index in [2.05, 4.69) is 43.9 Å². The lowest BCUT2D eigenvalue weighted by Gasteiger charge is -2.31. The fourth-order valence-electron chi connectivity index (χ4n) is 3.95. The molecule has 1 aliphatic heterocycles. The Balaban J connectivity index is 1.36. The van der Waals surface area contributed by atoms with Crippen LogP contribution in [0.2, 0.25) is 0 Å². The van der Waals surface area contributed by atoms with Gasteiger partial charge >= 0.3 is 0 Å². The second-order valence-electron chi connectivity index (χ2n) is 7.85. The third-order valence-electron chi connectivity index (χ3n) is 5.57. The maximum atomic E-state index is 5.08. The number of ether oxygens (including phenoxy) is 1. The topological polar surface area (TPSA) is 76.9 Å². The van der Waals surface area contributed by atoms with E-state index < -0.39 is 0 Å². The minimum absolute atomic E-state index is 0.484. The number of piperidine rings is 1. The summed E-state index contributed by atoms with van der Waals surface area (Å²) < 4.78 is 5.08. The zero-order chi connectivity index (χ0) is 20.8. The van der Waals surface area contributed by atoms with Gasteiger partial charge in [-0.15, -0.1) is 0 Å². The third kappa shape index (κ3) is 5.23. The van der Waals surface area contributed by atoms with E-state index in [0.29, 0.717) is 12.5 Å². The van der Waals surface area contributed by atoms with Crippen molar-refractivity contribution in [2.75, 3.05) is 26.8 Å². The summed E-state index contributed by atoms with van der Waals surface area (Å²) in [4.78, 5) is 24.5. The Bertz CT molecular complexity index is 940. The number of pyridine rings is 1. The fraction of sp³-hybridized carbons (Fsp3) is 0.435. The molecule has 0 N–H and O–H groups in total. The van der Waals surface area contributed by atoms with Crippen LogP contribution in [0.25, 0.3) is 11.1 Å². The van der Waals surface area contributed by atoms with E-state index in [1.807, 2.05) is 24.8 Å². The van der Waals surface area contributed by atoms with Crippen molar-refractivity contribution in [1.82, 2.24) is 29.8 Å². The molecule has 1 aliphatic rings. The number of nitrogens with zero attached hydrogens (tertiary/aromatic N) is 6. The first kappa shape index (κ1) is 20.5. The largest absolute Gasteiger partial charge is 0.384 e. The molecule has 0 spiro atoms. The van der Waals surface area contributed by atoms with Crippen LogP contribution in [0, 0.1) is 6.92 Å². The molecule has 0 unspecified atom stereocenters. The minimum Gasteiger partial charge on any atom is -0.384 e. The molecule has 0 radical (unpaired) electrons. The van der Waals surface area contributed by atoms with Gasteiger partial charge in [-0.3, -0.25) is 9.88 Å². The van der Waals surface area contributed by atoms with E-state index in [0.717, 1.165) is 67.1 Å². The lowest BCUT2D eigenvalue weighted by Crippen LogP contribution is -2.32. The lowest BCUT2D eigenvalue weighted by atomic mass is 9.91. The van der Waals surface area contributed by atoms with Crippen molar-refractivity contribution < 1.29 is 4.74 Å². The summed E-state index contributed by atoms with van der Waals surface area (Å²) in [6.07, 6.45) is 12.1. The Morgan fingerprint density at radius 2 is 1.73 bits per heavy atom. The van der Waals surface area contributed by atoms with Gasteiger partial charge in [-0.1, -0.05) is 0 Å². The van der Waals surface area contributed by atoms with Crippen LogP contribution in [0.15, 0.2) is 43.2 Å². The maximum absolute atomic E-state index is 5.08. The van der Waals surface area contributed by atoms with Gasteiger partial charge in [-0.2, -0.15) is 0 Å². The fourth-order valence-corrected chi connectivity index (χ4v) is 3.95. The van der Waals surface area contributed by atoms with Crippen molar-refractivity contribution in [2.45, 2.75) is 38.6 Å². The average Bonchev–Trinajstić information content (AvgIpc) is 2.79. The molecular formula is C23H28N6O. The van der Waals surface area contributed by atoms with E-state index in [9.17, 15) is 0 Å². The quantitative estimate of drug-likeness (QED) is 0.598. The van der Waals surface area contributed by atoms with Crippen molar-refractivity contribution >= 4 is 0 Å². The zero-order valence-electron chi connectivity index (χ0n) is 17.7. The average molecular weight is 405 g/mol. The molecule has 4 rings (SSSR count). The van der Waals surface area contributed by atoms with Gasteiger partial charge in [0.15, 0.2) is 0 Å². The first-order valence-electron chi connectivity index (χ1n) is 10.5. The molecule has 3 aromatic rings. The van der Waals surface area contributed by atoms with Crippen LogP contribution in [0.4, 0.5) is 0 Å². The zero-order valence-corrected chi connectivity index (χ0v) is 17.7. The summed E-state index contributed by atoms with van der Waals surface area (Å²) in [5.41, 5.74) is 5.57. The molecule has 0 aromatic carbocycles. The van der Waals surface area contributed by atoms with E-state index in [4.69, 9.17) is 9.72 Å². The van der Waals surface area contributed by atoms with Gasteiger partial charge in [-0.05, 0) is 50.6 Å². The Kier molecular flexibility index (Phi) is 6.71. The standard InChI is InChI=1S/C23H28N6O/c1-17-9-20(21-13-24-16-25-14-21)10-22(28-17)19-3-6-29(7-4-19)15-18-11-26-23(27-12-18)5-8-30-2/h9-14,16,19H,3-8,15H2,1-2H3. The highest BCUT2D eigenvalue weighted by atomic mass is 16.5. The summed E-state index contributed by atoms with van der Waals surface area (Å²) in [6.45, 7) is 5.71. The molecule has 3 aromatic heterocycles. The minimum atomic E-state index is 0.484. The number of rotatable bonds is 7. The number of methoxy groups -OCH3 is 1. The van der Waals surface area contributed by atoms with Crippen molar-refractivity contribution in [3.63, 3.8) is 0 Å². The molecule has 7 heteroatoms. The highest BCUT2D eigenvalue weighted by Crippen LogP contribution is 2.30. The number of hydrogen-bond acceptors (Lipinski definition) is 7. The lowest BCUT2D eigenvalue weighted by molar-refractivity contribution is 0.199. The molecule has 0 atom stereocenters. The van der Waals surface area contributed by atoms with Crippen LogP contribution in [-0.2, 0) is 17.7 Å². The van der Waals surface area contributed by atoms with Gasteiger partial charge in [0.1, 0.15) is 12.2 Å². The number of likely N-dealkylation sites (tertiary alicyclic amines) is 1. The van der Waals surface area contributed by atoms with Crippen LogP contribution in [-0.4, -0.2) is 56.6 Å². The maximum Gasteiger partial charge on any atom is 0.130 e. The third-order valence-corrected chi connectivity index (χ3v) is 5.57. The molecular weight excluding hydrogens is 376 g/mol. The molecule has 0 aliphatic carbocycles. The summed E-state index contributed by atoms with van der Waals surface area (Å²) in [7, 11) is 1.70. The Morgan fingerprint density at radius 1 is 1.00 bits per heavy atom. The van der Waals surface area contributed by atoms with Gasteiger partial charge in [0.05, 0.1) is 6.61 Å². The molecule has 0 bridgehead atoms. The van der Waals surface area contributed by atoms with E-state index in [1.54, 1.807) is 13.4 Å². The van der Waals surface area contributed by atoms with Crippen LogP contribution in [0.1, 0.15) is 41.5 Å². The number of aromatic nitrogens is 5. The predicted molar refractivity (Wildman–Crippen MR) is 115 cm³/mol. The summed E-state index contributed by atoms with van der Waals surface area (Å²) in [6, 6.07) is 4.31. The molecule has 30 heavy (non-hydrogen) atoms. The van der Waals surface area contributed by atoms with Crippen molar-refractivity contribution in [3.05, 3.63) is 66.0 Å². The first-order chi connectivity index (χ1) is 14.7. The van der Waals surface area contributed by atoms with E-state index in [-0.39, 0.29) is 0 Å². The first-order valence-corrected chi connectivity index (χ1v) is 10.5.